The third-order valence-electron chi connectivity index (χ3n) is 6.09. The number of methoxy groups -OCH3 is 2. The number of allylic oxidation sites excluding steroid dienone is 2. The van der Waals surface area contributed by atoms with Gasteiger partial charge in [-0.25, -0.2) is 13.4 Å². The van der Waals surface area contributed by atoms with Crippen LogP contribution < -0.4 is 9.47 Å². The number of nitrogens with zero attached hydrogens (tertiary/aromatic N) is 2. The Kier molecular flexibility index (Phi) is 5.38. The Hall–Kier alpha value is -2.35. The van der Waals surface area contributed by atoms with Gasteiger partial charge in [-0.05, 0) is 43.9 Å². The molecule has 0 aromatic heterocycles. The molecule has 0 spiro atoms. The molecule has 29 heavy (non-hydrogen) atoms. The van der Waals surface area contributed by atoms with Gasteiger partial charge in [-0.15, -0.1) is 0 Å². The zero-order valence-electron chi connectivity index (χ0n) is 16.7. The van der Waals surface area contributed by atoms with Crippen molar-refractivity contribution in [2.24, 2.45) is 16.9 Å². The number of fused-ring (bicyclic) bond motifs is 1. The first-order valence-electron chi connectivity index (χ1n) is 9.93. The van der Waals surface area contributed by atoms with Crippen molar-refractivity contribution in [3.63, 3.8) is 0 Å². The zero-order valence-corrected chi connectivity index (χ0v) is 17.5. The molecule has 8 heteroatoms. The molecule has 1 saturated heterocycles. The normalized spacial score (nSPS) is 26.6. The lowest BCUT2D eigenvalue weighted by Crippen LogP contribution is -2.51. The molecule has 1 amide bonds. The van der Waals surface area contributed by atoms with Gasteiger partial charge in [0.2, 0.25) is 5.91 Å². The predicted octanol–water partition coefficient (Wildman–Crippen LogP) is 2.41. The fourth-order valence-corrected chi connectivity index (χ4v) is 5.92. The van der Waals surface area contributed by atoms with E-state index >= 15 is 0 Å². The van der Waals surface area contributed by atoms with Gasteiger partial charge in [0.25, 0.3) is 0 Å². The second-order valence-corrected chi connectivity index (χ2v) is 10.1. The summed E-state index contributed by atoms with van der Waals surface area (Å²) in [7, 11) is 0.179. The molecule has 2 atom stereocenters. The number of hydrogen-bond donors (Lipinski definition) is 0. The molecule has 1 aromatic carbocycles. The van der Waals surface area contributed by atoms with E-state index in [1.165, 1.54) is 0 Å². The zero-order chi connectivity index (χ0) is 20.6. The number of hydrazone groups is 1. The Bertz CT molecular complexity index is 955. The molecule has 1 fully saturated rings. The summed E-state index contributed by atoms with van der Waals surface area (Å²) in [6.45, 7) is 0. The quantitative estimate of drug-likeness (QED) is 0.701. The molecule has 156 valence electrons. The monoisotopic (exact) mass is 418 g/mol. The van der Waals surface area contributed by atoms with E-state index in [-0.39, 0.29) is 35.3 Å². The molecular weight excluding hydrogens is 392 g/mol. The molecule has 4 rings (SSSR count). The highest BCUT2D eigenvalue weighted by Gasteiger charge is 2.43. The summed E-state index contributed by atoms with van der Waals surface area (Å²) < 4.78 is 34.5. The van der Waals surface area contributed by atoms with Crippen molar-refractivity contribution < 1.29 is 22.7 Å². The number of sulfone groups is 1. The summed E-state index contributed by atoms with van der Waals surface area (Å²) in [5.74, 6) is 1.31. The first-order valence-corrected chi connectivity index (χ1v) is 11.7. The van der Waals surface area contributed by atoms with Gasteiger partial charge in [0.1, 0.15) is 9.84 Å². The van der Waals surface area contributed by atoms with Crippen LogP contribution in [0.2, 0.25) is 0 Å². The van der Waals surface area contributed by atoms with Crippen LogP contribution in [0.15, 0.2) is 35.5 Å². The second-order valence-electron chi connectivity index (χ2n) is 7.78. The molecule has 0 radical (unpaired) electrons. The van der Waals surface area contributed by atoms with Gasteiger partial charge in [0.15, 0.2) is 11.5 Å². The SMILES string of the molecule is COc1ccc(C2=NN(C3CCS(=O)(=O)CC3)C(=O)[C@H]3CC=CC[C@@H]23)cc1OC. The van der Waals surface area contributed by atoms with Crippen molar-refractivity contribution in [2.45, 2.75) is 31.7 Å². The van der Waals surface area contributed by atoms with E-state index in [4.69, 9.17) is 14.6 Å². The average molecular weight is 419 g/mol. The third kappa shape index (κ3) is 3.77. The first kappa shape index (κ1) is 19.9. The number of rotatable bonds is 4. The van der Waals surface area contributed by atoms with E-state index in [0.717, 1.165) is 17.7 Å². The summed E-state index contributed by atoms with van der Waals surface area (Å²) in [5, 5.41) is 6.37. The molecular formula is C21H26N2O5S. The summed E-state index contributed by atoms with van der Waals surface area (Å²) in [4.78, 5) is 13.2. The highest BCUT2D eigenvalue weighted by molar-refractivity contribution is 7.91. The van der Waals surface area contributed by atoms with Gasteiger partial charge in [-0.2, -0.15) is 5.10 Å². The molecule has 0 bridgehead atoms. The van der Waals surface area contributed by atoms with E-state index in [1.807, 2.05) is 18.2 Å². The molecule has 1 aromatic rings. The fourth-order valence-electron chi connectivity index (χ4n) is 4.45. The fraction of sp³-hybridized carbons (Fsp3) is 0.524. The summed E-state index contributed by atoms with van der Waals surface area (Å²) in [5.41, 5.74) is 1.75. The molecule has 2 aliphatic heterocycles. The summed E-state index contributed by atoms with van der Waals surface area (Å²) in [6, 6.07) is 5.51. The van der Waals surface area contributed by atoms with Crippen molar-refractivity contribution in [2.75, 3.05) is 25.7 Å². The highest BCUT2D eigenvalue weighted by atomic mass is 32.2. The van der Waals surface area contributed by atoms with E-state index in [0.29, 0.717) is 30.8 Å². The first-order chi connectivity index (χ1) is 13.9. The van der Waals surface area contributed by atoms with E-state index < -0.39 is 9.84 Å². The number of ether oxygens (including phenoxy) is 2. The number of hydrogen-bond acceptors (Lipinski definition) is 6. The van der Waals surface area contributed by atoms with Crippen LogP contribution in [0.3, 0.4) is 0 Å². The van der Waals surface area contributed by atoms with Gasteiger partial charge >= 0.3 is 0 Å². The number of amides is 1. The van der Waals surface area contributed by atoms with Crippen molar-refractivity contribution >= 4 is 21.5 Å². The highest BCUT2D eigenvalue weighted by Crippen LogP contribution is 2.38. The number of carbonyl (C=O) groups excluding carboxylic acids is 1. The van der Waals surface area contributed by atoms with E-state index in [9.17, 15) is 13.2 Å². The maximum atomic E-state index is 13.2. The maximum absolute atomic E-state index is 13.2. The van der Waals surface area contributed by atoms with Gasteiger partial charge in [0.05, 0.1) is 43.4 Å². The average Bonchev–Trinajstić information content (AvgIpc) is 2.74. The van der Waals surface area contributed by atoms with Crippen LogP contribution in [0.5, 0.6) is 11.5 Å². The van der Waals surface area contributed by atoms with Crippen molar-refractivity contribution in [3.8, 4) is 11.5 Å². The van der Waals surface area contributed by atoms with E-state index in [1.54, 1.807) is 19.2 Å². The predicted molar refractivity (Wildman–Crippen MR) is 110 cm³/mol. The Balaban J connectivity index is 1.73. The minimum absolute atomic E-state index is 0.00729. The van der Waals surface area contributed by atoms with Crippen LogP contribution in [0.4, 0.5) is 0 Å². The Labute approximate surface area is 171 Å². The van der Waals surface area contributed by atoms with Gasteiger partial charge < -0.3 is 9.47 Å². The van der Waals surface area contributed by atoms with Gasteiger partial charge in [-0.3, -0.25) is 4.79 Å². The Morgan fingerprint density at radius 3 is 2.31 bits per heavy atom. The Morgan fingerprint density at radius 1 is 1.00 bits per heavy atom. The minimum Gasteiger partial charge on any atom is -0.493 e. The molecule has 1 aliphatic carbocycles. The minimum atomic E-state index is -3.01. The van der Waals surface area contributed by atoms with Crippen LogP contribution in [-0.2, 0) is 14.6 Å². The molecule has 0 N–H and O–H groups in total. The molecule has 2 heterocycles. The maximum Gasteiger partial charge on any atom is 0.247 e. The lowest BCUT2D eigenvalue weighted by atomic mass is 9.76. The van der Waals surface area contributed by atoms with Crippen molar-refractivity contribution in [3.05, 3.63) is 35.9 Å². The molecule has 0 saturated carbocycles. The summed E-state index contributed by atoms with van der Waals surface area (Å²) in [6.07, 6.45) is 6.47. The summed E-state index contributed by atoms with van der Waals surface area (Å²) >= 11 is 0. The van der Waals surface area contributed by atoms with Crippen LogP contribution in [-0.4, -0.2) is 56.8 Å². The number of carbonyl (C=O) groups is 1. The smallest absolute Gasteiger partial charge is 0.247 e. The van der Waals surface area contributed by atoms with Gasteiger partial charge in [-0.1, -0.05) is 12.2 Å². The number of benzene rings is 1. The lowest BCUT2D eigenvalue weighted by molar-refractivity contribution is -0.140. The standard InChI is InChI=1S/C21H26N2O5S/c1-27-18-8-7-14(13-19(18)28-2)20-16-5-3-4-6-17(16)21(24)23(22-20)15-9-11-29(25,26)12-10-15/h3-4,7-8,13,15-17H,5-6,9-12H2,1-2H3/t16-,17+/m1/s1. The molecule has 3 aliphatic rings. The van der Waals surface area contributed by atoms with Gasteiger partial charge in [0, 0.05) is 11.5 Å². The Morgan fingerprint density at radius 2 is 1.66 bits per heavy atom. The van der Waals surface area contributed by atoms with E-state index in [2.05, 4.69) is 12.2 Å². The molecule has 7 nitrogen and oxygen atoms in total. The van der Waals surface area contributed by atoms with Crippen molar-refractivity contribution in [1.82, 2.24) is 5.01 Å². The van der Waals surface area contributed by atoms with Crippen LogP contribution >= 0.6 is 0 Å². The topological polar surface area (TPSA) is 85.3 Å². The van der Waals surface area contributed by atoms with Crippen LogP contribution in [0.25, 0.3) is 0 Å². The largest absolute Gasteiger partial charge is 0.493 e. The van der Waals surface area contributed by atoms with Crippen LogP contribution in [0, 0.1) is 11.8 Å². The van der Waals surface area contributed by atoms with Crippen molar-refractivity contribution in [1.29, 1.82) is 0 Å². The molecule has 0 unspecified atom stereocenters. The second kappa shape index (κ2) is 7.82. The van der Waals surface area contributed by atoms with Crippen LogP contribution in [0.1, 0.15) is 31.2 Å². The lowest BCUT2D eigenvalue weighted by Gasteiger charge is -2.41. The third-order valence-corrected chi connectivity index (χ3v) is 7.81.